The van der Waals surface area contributed by atoms with Crippen molar-refractivity contribution in [3.05, 3.63) is 65.7 Å². The Kier molecular flexibility index (Phi) is 5.48. The normalized spacial score (nSPS) is 27.3. The first-order valence-electron chi connectivity index (χ1n) is 9.66. The molecular formula is C23H31NO. The van der Waals surface area contributed by atoms with E-state index < -0.39 is 0 Å². The Morgan fingerprint density at radius 1 is 1.08 bits per heavy atom. The molecule has 2 aromatic carbocycles. The van der Waals surface area contributed by atoms with Gasteiger partial charge in [-0.25, -0.2) is 0 Å². The first-order chi connectivity index (χ1) is 12.1. The van der Waals surface area contributed by atoms with Gasteiger partial charge in [-0.15, -0.1) is 0 Å². The molecule has 0 aliphatic carbocycles. The van der Waals surface area contributed by atoms with Crippen LogP contribution in [0.3, 0.4) is 0 Å². The summed E-state index contributed by atoms with van der Waals surface area (Å²) < 4.78 is 0. The Balaban J connectivity index is 1.87. The number of hydrogen-bond acceptors (Lipinski definition) is 2. The maximum atomic E-state index is 10.0. The summed E-state index contributed by atoms with van der Waals surface area (Å²) in [6.07, 6.45) is 3.44. The first-order valence-corrected chi connectivity index (χ1v) is 9.66. The SMILES string of the molecule is CCC1CN(Cc2ccccc2)C(C)CC1(CC)c1cccc(O)c1. The van der Waals surface area contributed by atoms with E-state index in [9.17, 15) is 5.11 Å². The van der Waals surface area contributed by atoms with Crippen LogP contribution in [-0.4, -0.2) is 22.6 Å². The second-order valence-electron chi connectivity index (χ2n) is 7.63. The summed E-state index contributed by atoms with van der Waals surface area (Å²) in [5.41, 5.74) is 2.87. The lowest BCUT2D eigenvalue weighted by Crippen LogP contribution is -2.53. The molecule has 0 aromatic heterocycles. The maximum absolute atomic E-state index is 10.0. The van der Waals surface area contributed by atoms with E-state index in [4.69, 9.17) is 0 Å². The van der Waals surface area contributed by atoms with Crippen LogP contribution in [0.2, 0.25) is 0 Å². The van der Waals surface area contributed by atoms with Crippen molar-refractivity contribution in [2.75, 3.05) is 6.54 Å². The number of rotatable bonds is 5. The van der Waals surface area contributed by atoms with Crippen molar-refractivity contribution in [2.45, 2.75) is 58.0 Å². The van der Waals surface area contributed by atoms with Gasteiger partial charge in [0.05, 0.1) is 0 Å². The van der Waals surface area contributed by atoms with Crippen LogP contribution < -0.4 is 0 Å². The molecular weight excluding hydrogens is 306 g/mol. The van der Waals surface area contributed by atoms with Gasteiger partial charge in [-0.1, -0.05) is 62.7 Å². The average molecular weight is 338 g/mol. The highest BCUT2D eigenvalue weighted by atomic mass is 16.3. The van der Waals surface area contributed by atoms with Crippen LogP contribution in [0.4, 0.5) is 0 Å². The standard InChI is InChI=1S/C23H31NO/c1-4-20-17-24(16-19-10-7-6-8-11-19)18(3)15-23(20,5-2)21-12-9-13-22(25)14-21/h6-14,18,20,25H,4-5,15-17H2,1-3H3. The van der Waals surface area contributed by atoms with Gasteiger partial charge >= 0.3 is 0 Å². The van der Waals surface area contributed by atoms with Crippen molar-refractivity contribution in [2.24, 2.45) is 5.92 Å². The molecule has 3 unspecified atom stereocenters. The lowest BCUT2D eigenvalue weighted by atomic mass is 9.61. The summed E-state index contributed by atoms with van der Waals surface area (Å²) in [4.78, 5) is 2.64. The molecule has 0 saturated carbocycles. The predicted octanol–water partition coefficient (Wildman–Crippen LogP) is 5.36. The van der Waals surface area contributed by atoms with E-state index in [0.29, 0.717) is 17.7 Å². The van der Waals surface area contributed by atoms with E-state index in [0.717, 1.165) is 25.9 Å². The van der Waals surface area contributed by atoms with Gasteiger partial charge in [-0.2, -0.15) is 0 Å². The molecule has 1 aliphatic rings. The van der Waals surface area contributed by atoms with Crippen LogP contribution in [0.5, 0.6) is 5.75 Å². The van der Waals surface area contributed by atoms with Crippen molar-refractivity contribution < 1.29 is 5.11 Å². The molecule has 1 N–H and O–H groups in total. The van der Waals surface area contributed by atoms with Gasteiger partial charge < -0.3 is 5.11 Å². The number of phenolic OH excluding ortho intramolecular Hbond substituents is 1. The van der Waals surface area contributed by atoms with E-state index in [2.05, 4.69) is 62.1 Å². The monoisotopic (exact) mass is 337 g/mol. The smallest absolute Gasteiger partial charge is 0.115 e. The van der Waals surface area contributed by atoms with E-state index in [1.165, 1.54) is 17.5 Å². The van der Waals surface area contributed by atoms with E-state index >= 15 is 0 Å². The van der Waals surface area contributed by atoms with Gasteiger partial charge in [-0.05, 0) is 48.9 Å². The molecule has 2 aromatic rings. The zero-order chi connectivity index (χ0) is 17.9. The largest absolute Gasteiger partial charge is 0.508 e. The van der Waals surface area contributed by atoms with Crippen LogP contribution in [0.15, 0.2) is 54.6 Å². The van der Waals surface area contributed by atoms with Crippen molar-refractivity contribution in [3.63, 3.8) is 0 Å². The molecule has 2 nitrogen and oxygen atoms in total. The Bertz CT molecular complexity index is 684. The first kappa shape index (κ1) is 18.0. The van der Waals surface area contributed by atoms with Gasteiger partial charge in [0.1, 0.15) is 5.75 Å². The molecule has 0 spiro atoms. The molecule has 1 heterocycles. The number of aromatic hydroxyl groups is 1. The predicted molar refractivity (Wildman–Crippen MR) is 105 cm³/mol. The number of likely N-dealkylation sites (tertiary alicyclic amines) is 1. The molecule has 2 heteroatoms. The molecule has 1 aliphatic heterocycles. The highest BCUT2D eigenvalue weighted by molar-refractivity contribution is 5.35. The Hall–Kier alpha value is -1.80. The molecule has 1 saturated heterocycles. The average Bonchev–Trinajstić information content (AvgIpc) is 2.64. The second kappa shape index (κ2) is 7.61. The summed E-state index contributed by atoms with van der Waals surface area (Å²) in [6, 6.07) is 19.3. The Labute approximate surface area is 152 Å². The summed E-state index contributed by atoms with van der Waals surface area (Å²) in [5.74, 6) is 0.999. The van der Waals surface area contributed by atoms with Crippen molar-refractivity contribution in [3.8, 4) is 5.75 Å². The van der Waals surface area contributed by atoms with Crippen LogP contribution in [0.1, 0.15) is 51.2 Å². The highest BCUT2D eigenvalue weighted by Gasteiger charge is 2.44. The third kappa shape index (κ3) is 3.59. The Morgan fingerprint density at radius 3 is 2.48 bits per heavy atom. The number of phenols is 1. The molecule has 3 rings (SSSR count). The lowest BCUT2D eigenvalue weighted by Gasteiger charge is -2.51. The van der Waals surface area contributed by atoms with Crippen LogP contribution >= 0.6 is 0 Å². The number of hydrogen-bond donors (Lipinski definition) is 1. The van der Waals surface area contributed by atoms with Gasteiger partial charge in [0.15, 0.2) is 0 Å². The summed E-state index contributed by atoms with van der Waals surface area (Å²) in [5, 5.41) is 10.0. The fourth-order valence-corrected chi connectivity index (χ4v) is 4.83. The number of nitrogens with zero attached hydrogens (tertiary/aromatic N) is 1. The molecule has 25 heavy (non-hydrogen) atoms. The minimum absolute atomic E-state index is 0.167. The van der Waals surface area contributed by atoms with Crippen LogP contribution in [0.25, 0.3) is 0 Å². The highest BCUT2D eigenvalue weighted by Crippen LogP contribution is 2.47. The van der Waals surface area contributed by atoms with Crippen molar-refractivity contribution >= 4 is 0 Å². The lowest BCUT2D eigenvalue weighted by molar-refractivity contribution is 0.0360. The van der Waals surface area contributed by atoms with Gasteiger partial charge in [-0.3, -0.25) is 4.90 Å². The second-order valence-corrected chi connectivity index (χ2v) is 7.63. The summed E-state index contributed by atoms with van der Waals surface area (Å²) in [6.45, 7) is 9.14. The van der Waals surface area contributed by atoms with Gasteiger partial charge in [0.25, 0.3) is 0 Å². The fourth-order valence-electron chi connectivity index (χ4n) is 4.83. The van der Waals surface area contributed by atoms with Crippen molar-refractivity contribution in [1.82, 2.24) is 4.90 Å². The Morgan fingerprint density at radius 2 is 1.84 bits per heavy atom. The molecule has 0 amide bonds. The third-order valence-corrected chi connectivity index (χ3v) is 6.29. The number of benzene rings is 2. The third-order valence-electron chi connectivity index (χ3n) is 6.29. The van der Waals surface area contributed by atoms with E-state index in [-0.39, 0.29) is 5.41 Å². The van der Waals surface area contributed by atoms with Crippen molar-refractivity contribution in [1.29, 1.82) is 0 Å². The van der Waals surface area contributed by atoms with Gasteiger partial charge in [0.2, 0.25) is 0 Å². The topological polar surface area (TPSA) is 23.5 Å². The molecule has 1 fully saturated rings. The van der Waals surface area contributed by atoms with Crippen LogP contribution in [0, 0.1) is 5.92 Å². The number of piperidine rings is 1. The zero-order valence-corrected chi connectivity index (χ0v) is 15.8. The quantitative estimate of drug-likeness (QED) is 0.794. The molecule has 3 atom stereocenters. The van der Waals surface area contributed by atoms with E-state index in [1.807, 2.05) is 12.1 Å². The summed E-state index contributed by atoms with van der Waals surface area (Å²) >= 11 is 0. The zero-order valence-electron chi connectivity index (χ0n) is 15.8. The fraction of sp³-hybridized carbons (Fsp3) is 0.478. The minimum Gasteiger partial charge on any atom is -0.508 e. The molecule has 134 valence electrons. The van der Waals surface area contributed by atoms with Crippen LogP contribution in [-0.2, 0) is 12.0 Å². The van der Waals surface area contributed by atoms with Gasteiger partial charge in [0, 0.05) is 24.5 Å². The molecule has 0 radical (unpaired) electrons. The minimum atomic E-state index is 0.167. The van der Waals surface area contributed by atoms with E-state index in [1.54, 1.807) is 6.07 Å². The molecule has 0 bridgehead atoms. The maximum Gasteiger partial charge on any atom is 0.115 e. The summed E-state index contributed by atoms with van der Waals surface area (Å²) in [7, 11) is 0.